The van der Waals surface area contributed by atoms with Crippen LogP contribution >= 0.6 is 0 Å². The van der Waals surface area contributed by atoms with E-state index in [-0.39, 0.29) is 17.1 Å². The Hall–Kier alpha value is -1.42. The van der Waals surface area contributed by atoms with Crippen LogP contribution in [0.5, 0.6) is 0 Å². The monoisotopic (exact) mass is 304 g/mol. The number of nitrogens with one attached hydrogen (secondary N) is 2. The lowest BCUT2D eigenvalue weighted by atomic mass is 10.4. The van der Waals surface area contributed by atoms with Gasteiger partial charge in [0, 0.05) is 32.9 Å². The number of primary amides is 1. The number of sulfonamides is 1. The second-order valence-electron chi connectivity index (χ2n) is 4.49. The summed E-state index contributed by atoms with van der Waals surface area (Å²) in [5.74, 6) is -0.687. The zero-order valence-corrected chi connectivity index (χ0v) is 12.3. The molecule has 8 nitrogen and oxygen atoms in total. The number of carbonyl (C=O) groups is 1. The Balaban J connectivity index is 2.61. The molecule has 1 amide bonds. The second kappa shape index (κ2) is 6.84. The maximum absolute atomic E-state index is 12.0. The second-order valence-corrected chi connectivity index (χ2v) is 6.25. The van der Waals surface area contributed by atoms with Crippen molar-refractivity contribution >= 4 is 15.9 Å². The van der Waals surface area contributed by atoms with Gasteiger partial charge in [0.2, 0.25) is 10.0 Å². The lowest BCUT2D eigenvalue weighted by Gasteiger charge is -2.07. The Bertz CT molecular complexity index is 565. The summed E-state index contributed by atoms with van der Waals surface area (Å²) in [4.78, 5) is 11.1. The fourth-order valence-electron chi connectivity index (χ4n) is 1.59. The number of nitrogens with zero attached hydrogens (tertiary/aromatic N) is 1. The molecule has 114 valence electrons. The smallest absolute Gasteiger partial charge is 0.265 e. The molecule has 0 saturated heterocycles. The van der Waals surface area contributed by atoms with Crippen molar-refractivity contribution in [1.29, 1.82) is 0 Å². The molecule has 1 unspecified atom stereocenters. The Morgan fingerprint density at radius 2 is 2.15 bits per heavy atom. The maximum atomic E-state index is 12.0. The zero-order valence-electron chi connectivity index (χ0n) is 11.5. The first-order chi connectivity index (χ1) is 9.24. The molecule has 1 aromatic rings. The number of aryl methyl sites for hydroxylation is 1. The van der Waals surface area contributed by atoms with Gasteiger partial charge in [-0.25, -0.2) is 13.1 Å². The molecule has 0 aliphatic rings. The van der Waals surface area contributed by atoms with Gasteiger partial charge >= 0.3 is 0 Å². The van der Waals surface area contributed by atoms with E-state index in [0.29, 0.717) is 13.1 Å². The summed E-state index contributed by atoms with van der Waals surface area (Å²) in [6.07, 6.45) is 0.838. The van der Waals surface area contributed by atoms with E-state index < -0.39 is 22.0 Å². The van der Waals surface area contributed by atoms with Crippen molar-refractivity contribution in [3.63, 3.8) is 0 Å². The molecule has 0 saturated carbocycles. The van der Waals surface area contributed by atoms with Gasteiger partial charge < -0.3 is 20.7 Å². The fourth-order valence-corrected chi connectivity index (χ4v) is 2.70. The molecule has 0 aliphatic carbocycles. The lowest BCUT2D eigenvalue weighted by molar-refractivity contribution is 0.0992. The first kappa shape index (κ1) is 16.6. The molecule has 1 rings (SSSR count). The van der Waals surface area contributed by atoms with Crippen LogP contribution < -0.4 is 15.8 Å². The van der Waals surface area contributed by atoms with Crippen LogP contribution in [0.2, 0.25) is 0 Å². The molecule has 0 fully saturated rings. The van der Waals surface area contributed by atoms with Gasteiger partial charge in [0.05, 0.1) is 6.10 Å². The number of nitrogens with two attached hydrogens (primary N) is 1. The number of hydrogen-bond acceptors (Lipinski definition) is 5. The topological polar surface area (TPSA) is 126 Å². The van der Waals surface area contributed by atoms with Crippen molar-refractivity contribution in [2.45, 2.75) is 17.9 Å². The predicted octanol–water partition coefficient (Wildman–Crippen LogP) is -1.63. The van der Waals surface area contributed by atoms with Crippen LogP contribution in [-0.2, 0) is 17.1 Å². The average molecular weight is 304 g/mol. The highest BCUT2D eigenvalue weighted by atomic mass is 32.2. The van der Waals surface area contributed by atoms with Crippen molar-refractivity contribution in [1.82, 2.24) is 14.6 Å². The number of aliphatic hydroxyl groups excluding tert-OH is 1. The number of aliphatic hydroxyl groups is 1. The van der Waals surface area contributed by atoms with E-state index in [9.17, 15) is 13.2 Å². The highest BCUT2D eigenvalue weighted by molar-refractivity contribution is 7.89. The van der Waals surface area contributed by atoms with E-state index in [1.54, 1.807) is 14.0 Å². The molecule has 1 atom stereocenters. The van der Waals surface area contributed by atoms with E-state index in [2.05, 4.69) is 10.0 Å². The summed E-state index contributed by atoms with van der Waals surface area (Å²) >= 11 is 0. The number of aromatic nitrogens is 1. The molecule has 1 aromatic heterocycles. The van der Waals surface area contributed by atoms with Gasteiger partial charge in [-0.3, -0.25) is 4.79 Å². The van der Waals surface area contributed by atoms with Gasteiger partial charge in [-0.15, -0.1) is 0 Å². The van der Waals surface area contributed by atoms with Crippen molar-refractivity contribution in [3.05, 3.63) is 18.0 Å². The summed E-state index contributed by atoms with van der Waals surface area (Å²) in [6.45, 7) is 2.58. The molecule has 1 heterocycles. The van der Waals surface area contributed by atoms with E-state index in [1.165, 1.54) is 16.8 Å². The van der Waals surface area contributed by atoms with Crippen LogP contribution in [-0.4, -0.2) is 49.7 Å². The van der Waals surface area contributed by atoms with Crippen molar-refractivity contribution in [2.24, 2.45) is 12.8 Å². The van der Waals surface area contributed by atoms with Gasteiger partial charge in [-0.2, -0.15) is 0 Å². The molecule has 0 aliphatic heterocycles. The third-order valence-corrected chi connectivity index (χ3v) is 4.00. The molecule has 0 aromatic carbocycles. The van der Waals surface area contributed by atoms with Gasteiger partial charge in [-0.05, 0) is 13.0 Å². The Labute approximate surface area is 118 Å². The predicted molar refractivity (Wildman–Crippen MR) is 73.7 cm³/mol. The summed E-state index contributed by atoms with van der Waals surface area (Å²) in [5, 5.41) is 11.9. The molecule has 20 heavy (non-hydrogen) atoms. The number of rotatable bonds is 8. The number of amides is 1. The van der Waals surface area contributed by atoms with E-state index in [0.717, 1.165) is 0 Å². The molecule has 5 N–H and O–H groups in total. The third-order valence-electron chi connectivity index (χ3n) is 2.58. The van der Waals surface area contributed by atoms with Crippen molar-refractivity contribution < 1.29 is 18.3 Å². The van der Waals surface area contributed by atoms with Gasteiger partial charge in [0.15, 0.2) is 0 Å². The van der Waals surface area contributed by atoms with Crippen LogP contribution in [0.3, 0.4) is 0 Å². The molecular formula is C11H20N4O4S. The normalized spacial score (nSPS) is 13.3. The Morgan fingerprint density at radius 3 is 2.65 bits per heavy atom. The summed E-state index contributed by atoms with van der Waals surface area (Å²) in [6, 6.07) is 1.23. The highest BCUT2D eigenvalue weighted by Crippen LogP contribution is 2.12. The molecule has 9 heteroatoms. The maximum Gasteiger partial charge on any atom is 0.265 e. The van der Waals surface area contributed by atoms with Crippen molar-refractivity contribution in [3.8, 4) is 0 Å². The summed E-state index contributed by atoms with van der Waals surface area (Å²) in [5.41, 5.74) is 5.25. The van der Waals surface area contributed by atoms with Gasteiger partial charge in [0.25, 0.3) is 5.91 Å². The summed E-state index contributed by atoms with van der Waals surface area (Å²) < 4.78 is 27.7. The Kier molecular flexibility index (Phi) is 5.69. The standard InChI is InChI=1S/C11H20N4O4S/c1-8(16)6-13-3-4-14-20(18,19)9-5-10(11(12)17)15(2)7-9/h5,7-8,13-14,16H,3-4,6H2,1-2H3,(H2,12,17). The highest BCUT2D eigenvalue weighted by Gasteiger charge is 2.18. The third kappa shape index (κ3) is 4.60. The van der Waals surface area contributed by atoms with Crippen LogP contribution in [0.15, 0.2) is 17.2 Å². The molecular weight excluding hydrogens is 284 g/mol. The first-order valence-corrected chi connectivity index (χ1v) is 7.57. The minimum absolute atomic E-state index is 0.00988. The quantitative estimate of drug-likeness (QED) is 0.429. The molecule has 0 radical (unpaired) electrons. The van der Waals surface area contributed by atoms with Crippen LogP contribution in [0.25, 0.3) is 0 Å². The van der Waals surface area contributed by atoms with E-state index in [4.69, 9.17) is 10.8 Å². The largest absolute Gasteiger partial charge is 0.392 e. The van der Waals surface area contributed by atoms with Gasteiger partial charge in [0.1, 0.15) is 10.6 Å². The number of hydrogen-bond donors (Lipinski definition) is 4. The fraction of sp³-hybridized carbons (Fsp3) is 0.545. The van der Waals surface area contributed by atoms with E-state index in [1.807, 2.05) is 0 Å². The minimum atomic E-state index is -3.68. The van der Waals surface area contributed by atoms with Gasteiger partial charge in [-0.1, -0.05) is 0 Å². The first-order valence-electron chi connectivity index (χ1n) is 6.08. The number of carbonyl (C=O) groups excluding carboxylic acids is 1. The molecule has 0 bridgehead atoms. The zero-order chi connectivity index (χ0) is 15.3. The summed E-state index contributed by atoms with van der Waals surface area (Å²) in [7, 11) is -2.13. The van der Waals surface area contributed by atoms with Crippen LogP contribution in [0.1, 0.15) is 17.4 Å². The van der Waals surface area contributed by atoms with Crippen LogP contribution in [0.4, 0.5) is 0 Å². The lowest BCUT2D eigenvalue weighted by Crippen LogP contribution is -2.34. The SMILES string of the molecule is CC(O)CNCCNS(=O)(=O)c1cc(C(N)=O)n(C)c1. The van der Waals surface area contributed by atoms with Crippen molar-refractivity contribution in [2.75, 3.05) is 19.6 Å². The van der Waals surface area contributed by atoms with Crippen LogP contribution in [0, 0.1) is 0 Å². The van der Waals surface area contributed by atoms with E-state index >= 15 is 0 Å². The minimum Gasteiger partial charge on any atom is -0.392 e. The Morgan fingerprint density at radius 1 is 1.50 bits per heavy atom. The average Bonchev–Trinajstić information content (AvgIpc) is 2.71. The molecule has 0 spiro atoms.